The number of carbonyl (C=O) groups is 2. The molecule has 2 rings (SSSR count). The maximum atomic E-state index is 12.0. The number of rotatable bonds is 6. The molecule has 0 aliphatic rings. The molecule has 0 fully saturated rings. The molecule has 1 N–H and O–H groups in total. The fourth-order valence-corrected chi connectivity index (χ4v) is 2.47. The summed E-state index contributed by atoms with van der Waals surface area (Å²) in [5.41, 5.74) is 2.21. The Labute approximate surface area is 152 Å². The summed E-state index contributed by atoms with van der Waals surface area (Å²) in [6.45, 7) is 1.38. The van der Waals surface area contributed by atoms with Gasteiger partial charge in [0.25, 0.3) is 0 Å². The van der Waals surface area contributed by atoms with Gasteiger partial charge in [-0.25, -0.2) is 4.79 Å². The lowest BCUT2D eigenvalue weighted by Gasteiger charge is -2.11. The third-order valence-electron chi connectivity index (χ3n) is 3.67. The first-order valence-electron chi connectivity index (χ1n) is 7.89. The van der Waals surface area contributed by atoms with Gasteiger partial charge in [-0.15, -0.1) is 0 Å². The van der Waals surface area contributed by atoms with Crippen LogP contribution in [0.15, 0.2) is 36.4 Å². The predicted octanol–water partition coefficient (Wildman–Crippen LogP) is 3.62. The summed E-state index contributed by atoms with van der Waals surface area (Å²) in [6, 6.07) is 10.6. The molecule has 0 atom stereocenters. The van der Waals surface area contributed by atoms with Crippen LogP contribution in [0, 0.1) is 0 Å². The van der Waals surface area contributed by atoms with Crippen LogP contribution in [0.4, 0.5) is 5.69 Å². The van der Waals surface area contributed by atoms with Crippen molar-refractivity contribution in [3.63, 3.8) is 0 Å². The van der Waals surface area contributed by atoms with Crippen LogP contribution in [0.2, 0.25) is 0 Å². The molecule has 0 heterocycles. The molecule has 1 amide bonds. The Morgan fingerprint density at radius 3 is 2.15 bits per heavy atom. The predicted molar refractivity (Wildman–Crippen MR) is 101 cm³/mol. The molecule has 0 aromatic heterocycles. The van der Waals surface area contributed by atoms with E-state index in [-0.39, 0.29) is 11.5 Å². The maximum Gasteiger partial charge on any atom is 0.339 e. The number of anilines is 1. The first-order valence-corrected chi connectivity index (χ1v) is 7.89. The van der Waals surface area contributed by atoms with Gasteiger partial charge < -0.3 is 19.5 Å². The highest BCUT2D eigenvalue weighted by Gasteiger charge is 2.13. The van der Waals surface area contributed by atoms with Crippen LogP contribution < -0.4 is 14.8 Å². The van der Waals surface area contributed by atoms with E-state index in [2.05, 4.69) is 5.32 Å². The molecule has 0 aliphatic carbocycles. The molecule has 136 valence electrons. The second-order valence-electron chi connectivity index (χ2n) is 5.39. The zero-order chi connectivity index (χ0) is 19.1. The number of carbonyl (C=O) groups excluding carboxylic acids is 2. The Bertz CT molecular complexity index is 820. The van der Waals surface area contributed by atoms with Gasteiger partial charge in [0.15, 0.2) is 0 Å². The average Bonchev–Trinajstić information content (AvgIpc) is 2.65. The summed E-state index contributed by atoms with van der Waals surface area (Å²) in [7, 11) is 4.47. The van der Waals surface area contributed by atoms with E-state index in [0.29, 0.717) is 17.2 Å². The van der Waals surface area contributed by atoms with Crippen LogP contribution in [0.5, 0.6) is 11.5 Å². The van der Waals surface area contributed by atoms with E-state index in [1.807, 2.05) is 30.4 Å². The van der Waals surface area contributed by atoms with Gasteiger partial charge in [-0.2, -0.15) is 0 Å². The van der Waals surface area contributed by atoms with Gasteiger partial charge in [0.1, 0.15) is 11.5 Å². The van der Waals surface area contributed by atoms with Crippen LogP contribution in [0.25, 0.3) is 12.2 Å². The van der Waals surface area contributed by atoms with E-state index >= 15 is 0 Å². The lowest BCUT2D eigenvalue weighted by Crippen LogP contribution is -2.12. The smallest absolute Gasteiger partial charge is 0.339 e. The van der Waals surface area contributed by atoms with Crippen molar-refractivity contribution in [1.29, 1.82) is 0 Å². The summed E-state index contributed by atoms with van der Waals surface area (Å²) in [6.07, 6.45) is 3.66. The topological polar surface area (TPSA) is 73.9 Å². The maximum absolute atomic E-state index is 12.0. The zero-order valence-electron chi connectivity index (χ0n) is 15.2. The van der Waals surface area contributed by atoms with E-state index < -0.39 is 5.97 Å². The number of esters is 1. The summed E-state index contributed by atoms with van der Waals surface area (Å²) in [5, 5.41) is 2.62. The second-order valence-corrected chi connectivity index (χ2v) is 5.39. The van der Waals surface area contributed by atoms with Crippen molar-refractivity contribution in [2.75, 3.05) is 26.6 Å². The van der Waals surface area contributed by atoms with E-state index in [1.165, 1.54) is 14.0 Å². The minimum absolute atomic E-state index is 0.266. The minimum atomic E-state index is -0.529. The first kappa shape index (κ1) is 19.1. The van der Waals surface area contributed by atoms with E-state index in [4.69, 9.17) is 14.2 Å². The molecule has 6 nitrogen and oxygen atoms in total. The Hall–Kier alpha value is -3.28. The van der Waals surface area contributed by atoms with Crippen LogP contribution in [-0.4, -0.2) is 33.2 Å². The van der Waals surface area contributed by atoms with Crippen molar-refractivity contribution in [2.45, 2.75) is 6.92 Å². The lowest BCUT2D eigenvalue weighted by molar-refractivity contribution is -0.114. The molecule has 0 spiro atoms. The molecule has 2 aromatic carbocycles. The van der Waals surface area contributed by atoms with Crippen LogP contribution in [0.1, 0.15) is 28.4 Å². The molecule has 0 unspecified atom stereocenters. The van der Waals surface area contributed by atoms with Crippen molar-refractivity contribution in [1.82, 2.24) is 0 Å². The normalized spacial score (nSPS) is 10.5. The van der Waals surface area contributed by atoms with Gasteiger partial charge in [0, 0.05) is 6.92 Å². The van der Waals surface area contributed by atoms with Crippen LogP contribution in [-0.2, 0) is 9.53 Å². The van der Waals surface area contributed by atoms with E-state index in [9.17, 15) is 9.59 Å². The Balaban J connectivity index is 2.43. The highest BCUT2D eigenvalue weighted by Crippen LogP contribution is 2.30. The van der Waals surface area contributed by atoms with Gasteiger partial charge in [-0.05, 0) is 35.9 Å². The molecular weight excluding hydrogens is 334 g/mol. The van der Waals surface area contributed by atoms with Crippen molar-refractivity contribution in [2.24, 2.45) is 0 Å². The molecule has 0 saturated heterocycles. The molecule has 2 aromatic rings. The molecule has 6 heteroatoms. The summed E-state index contributed by atoms with van der Waals surface area (Å²) in [5.74, 6) is 0.545. The van der Waals surface area contributed by atoms with Gasteiger partial charge >= 0.3 is 5.97 Å². The highest BCUT2D eigenvalue weighted by atomic mass is 16.5. The van der Waals surface area contributed by atoms with E-state index in [1.54, 1.807) is 32.4 Å². The first-order chi connectivity index (χ1) is 12.5. The SMILES string of the molecule is COC(=O)c1cc(C=Cc2c(OC)cccc2OC)ccc1NC(C)=O. The number of ether oxygens (including phenoxy) is 3. The second kappa shape index (κ2) is 8.71. The zero-order valence-corrected chi connectivity index (χ0v) is 15.2. The fourth-order valence-electron chi connectivity index (χ4n) is 2.47. The average molecular weight is 355 g/mol. The van der Waals surface area contributed by atoms with Crippen LogP contribution in [0.3, 0.4) is 0 Å². The number of amides is 1. The number of hydrogen-bond donors (Lipinski definition) is 1. The quantitative estimate of drug-likeness (QED) is 0.633. The molecule has 0 bridgehead atoms. The minimum Gasteiger partial charge on any atom is -0.496 e. The Kier molecular flexibility index (Phi) is 6.38. The summed E-state index contributed by atoms with van der Waals surface area (Å²) >= 11 is 0. The Morgan fingerprint density at radius 2 is 1.62 bits per heavy atom. The Morgan fingerprint density at radius 1 is 0.962 bits per heavy atom. The van der Waals surface area contributed by atoms with Gasteiger partial charge in [0.05, 0.1) is 38.1 Å². The molecule has 0 aliphatic heterocycles. The van der Waals surface area contributed by atoms with Crippen molar-refractivity contribution < 1.29 is 23.8 Å². The third kappa shape index (κ3) is 4.42. The highest BCUT2D eigenvalue weighted by molar-refractivity contribution is 6.01. The number of methoxy groups -OCH3 is 3. The number of hydrogen-bond acceptors (Lipinski definition) is 5. The van der Waals surface area contributed by atoms with Gasteiger partial charge in [-0.3, -0.25) is 4.79 Å². The van der Waals surface area contributed by atoms with Crippen molar-refractivity contribution in [3.05, 3.63) is 53.1 Å². The molecular formula is C20H21NO5. The molecule has 26 heavy (non-hydrogen) atoms. The van der Waals surface area contributed by atoms with Crippen molar-refractivity contribution >= 4 is 29.7 Å². The summed E-state index contributed by atoms with van der Waals surface area (Å²) in [4.78, 5) is 23.3. The van der Waals surface area contributed by atoms with Gasteiger partial charge in [0.2, 0.25) is 5.91 Å². The number of nitrogens with one attached hydrogen (secondary N) is 1. The summed E-state index contributed by atoms with van der Waals surface area (Å²) < 4.78 is 15.5. The monoisotopic (exact) mass is 355 g/mol. The van der Waals surface area contributed by atoms with Crippen LogP contribution >= 0.6 is 0 Å². The lowest BCUT2D eigenvalue weighted by atomic mass is 10.1. The molecule has 0 saturated carbocycles. The number of benzene rings is 2. The van der Waals surface area contributed by atoms with E-state index in [0.717, 1.165) is 11.1 Å². The standard InChI is InChI=1S/C20H21NO5/c1-13(22)21-17-11-9-14(12-16(17)20(23)26-4)8-10-15-18(24-2)6-5-7-19(15)25-3/h5-12H,1-4H3,(H,21,22). The largest absolute Gasteiger partial charge is 0.496 e. The third-order valence-corrected chi connectivity index (χ3v) is 3.67. The van der Waals surface area contributed by atoms with Gasteiger partial charge in [-0.1, -0.05) is 18.2 Å². The fraction of sp³-hybridized carbons (Fsp3) is 0.200. The van der Waals surface area contributed by atoms with Crippen molar-refractivity contribution in [3.8, 4) is 11.5 Å². The molecule has 0 radical (unpaired) electrons.